The van der Waals surface area contributed by atoms with Gasteiger partial charge in [0.25, 0.3) is 5.91 Å². The summed E-state index contributed by atoms with van der Waals surface area (Å²) in [6.45, 7) is 6.53. The molecule has 1 aliphatic rings. The molecule has 0 aromatic heterocycles. The van der Waals surface area contributed by atoms with Crippen LogP contribution < -0.4 is 25.4 Å². The third-order valence-corrected chi connectivity index (χ3v) is 5.02. The van der Waals surface area contributed by atoms with E-state index in [4.69, 9.17) is 9.47 Å². The molecule has 7 nitrogen and oxygen atoms in total. The van der Waals surface area contributed by atoms with E-state index in [-0.39, 0.29) is 12.0 Å². The number of rotatable bonds is 9. The van der Waals surface area contributed by atoms with Gasteiger partial charge in [-0.15, -0.1) is 0 Å². The SMILES string of the molecule is CCOc1cc2c(cc1CNC(=NC)NCCCNC(=O)c1ccccc1)OC(C)C2. The number of ether oxygens (including phenoxy) is 2. The number of hydrogen-bond acceptors (Lipinski definition) is 4. The normalized spacial score (nSPS) is 15.1. The molecule has 7 heteroatoms. The van der Waals surface area contributed by atoms with Crippen LogP contribution >= 0.6 is 0 Å². The van der Waals surface area contributed by atoms with Crippen LogP contribution in [0.5, 0.6) is 11.5 Å². The van der Waals surface area contributed by atoms with E-state index in [2.05, 4.69) is 40.0 Å². The van der Waals surface area contributed by atoms with E-state index in [1.54, 1.807) is 19.2 Å². The molecule has 0 fully saturated rings. The summed E-state index contributed by atoms with van der Waals surface area (Å²) < 4.78 is 11.7. The number of carbonyl (C=O) groups is 1. The smallest absolute Gasteiger partial charge is 0.251 e. The Morgan fingerprint density at radius 1 is 1.16 bits per heavy atom. The van der Waals surface area contributed by atoms with Gasteiger partial charge in [-0.2, -0.15) is 0 Å². The van der Waals surface area contributed by atoms with Crippen molar-refractivity contribution < 1.29 is 14.3 Å². The molecule has 3 N–H and O–H groups in total. The van der Waals surface area contributed by atoms with Gasteiger partial charge in [-0.25, -0.2) is 0 Å². The van der Waals surface area contributed by atoms with Gasteiger partial charge in [0, 0.05) is 49.8 Å². The predicted octanol–water partition coefficient (Wildman–Crippen LogP) is 2.89. The first-order valence-corrected chi connectivity index (χ1v) is 10.8. The van der Waals surface area contributed by atoms with E-state index in [1.807, 2.05) is 25.1 Å². The third-order valence-electron chi connectivity index (χ3n) is 5.02. The largest absolute Gasteiger partial charge is 0.494 e. The molecule has 3 rings (SSSR count). The van der Waals surface area contributed by atoms with Crippen LogP contribution in [0.15, 0.2) is 47.5 Å². The fourth-order valence-electron chi connectivity index (χ4n) is 3.50. The number of amides is 1. The molecule has 1 amide bonds. The molecule has 2 aromatic rings. The highest BCUT2D eigenvalue weighted by atomic mass is 16.5. The summed E-state index contributed by atoms with van der Waals surface area (Å²) in [6, 6.07) is 13.4. The molecule has 0 spiro atoms. The van der Waals surface area contributed by atoms with Gasteiger partial charge in [-0.3, -0.25) is 9.79 Å². The van der Waals surface area contributed by atoms with Gasteiger partial charge < -0.3 is 25.4 Å². The summed E-state index contributed by atoms with van der Waals surface area (Å²) in [4.78, 5) is 16.3. The van der Waals surface area contributed by atoms with Crippen molar-refractivity contribution in [2.45, 2.75) is 39.3 Å². The maximum Gasteiger partial charge on any atom is 0.251 e. The zero-order valence-electron chi connectivity index (χ0n) is 18.5. The molecule has 1 unspecified atom stereocenters. The summed E-state index contributed by atoms with van der Waals surface area (Å²) in [5.74, 6) is 2.46. The van der Waals surface area contributed by atoms with Crippen molar-refractivity contribution >= 4 is 11.9 Å². The molecule has 0 bridgehead atoms. The summed E-state index contributed by atoms with van der Waals surface area (Å²) in [7, 11) is 1.74. The van der Waals surface area contributed by atoms with Crippen LogP contribution in [0.4, 0.5) is 0 Å². The molecular formula is C24H32N4O3. The quantitative estimate of drug-likeness (QED) is 0.328. The summed E-state index contributed by atoms with van der Waals surface area (Å²) in [5, 5.41) is 9.54. The molecule has 1 aliphatic heterocycles. The van der Waals surface area contributed by atoms with Crippen molar-refractivity contribution in [1.82, 2.24) is 16.0 Å². The van der Waals surface area contributed by atoms with Crippen LogP contribution in [0.2, 0.25) is 0 Å². The fraction of sp³-hybridized carbons (Fsp3) is 0.417. The van der Waals surface area contributed by atoms with Crippen LogP contribution in [0, 0.1) is 0 Å². The van der Waals surface area contributed by atoms with Crippen LogP contribution in [-0.4, -0.2) is 44.7 Å². The minimum absolute atomic E-state index is 0.0558. The van der Waals surface area contributed by atoms with Crippen LogP contribution in [0.25, 0.3) is 0 Å². The van der Waals surface area contributed by atoms with Crippen molar-refractivity contribution in [3.8, 4) is 11.5 Å². The molecule has 1 heterocycles. The average Bonchev–Trinajstić information content (AvgIpc) is 3.15. The Kier molecular flexibility index (Phi) is 8.15. The lowest BCUT2D eigenvalue weighted by Gasteiger charge is -2.16. The van der Waals surface area contributed by atoms with E-state index in [9.17, 15) is 4.79 Å². The molecule has 2 aromatic carbocycles. The van der Waals surface area contributed by atoms with Gasteiger partial charge in [0.15, 0.2) is 5.96 Å². The Balaban J connectivity index is 1.44. The monoisotopic (exact) mass is 424 g/mol. The molecule has 0 saturated carbocycles. The minimum atomic E-state index is -0.0558. The fourth-order valence-corrected chi connectivity index (χ4v) is 3.50. The zero-order valence-corrected chi connectivity index (χ0v) is 18.5. The molecule has 0 aliphatic carbocycles. The average molecular weight is 425 g/mol. The topological polar surface area (TPSA) is 84.0 Å². The van der Waals surface area contributed by atoms with Gasteiger partial charge in [0.05, 0.1) is 6.61 Å². The highest BCUT2D eigenvalue weighted by Gasteiger charge is 2.21. The number of nitrogens with one attached hydrogen (secondary N) is 3. The zero-order chi connectivity index (χ0) is 22.1. The summed E-state index contributed by atoms with van der Waals surface area (Å²) in [5.41, 5.74) is 2.90. The van der Waals surface area contributed by atoms with E-state index >= 15 is 0 Å². The Bertz CT molecular complexity index is 899. The first-order chi connectivity index (χ1) is 15.1. The van der Waals surface area contributed by atoms with Crippen molar-refractivity contribution in [3.05, 3.63) is 59.2 Å². The Hall–Kier alpha value is -3.22. The predicted molar refractivity (Wildman–Crippen MR) is 123 cm³/mol. The van der Waals surface area contributed by atoms with E-state index in [0.29, 0.717) is 37.8 Å². The molecular weight excluding hydrogens is 392 g/mol. The number of benzene rings is 2. The van der Waals surface area contributed by atoms with Gasteiger partial charge in [-0.05, 0) is 44.5 Å². The number of fused-ring (bicyclic) bond motifs is 1. The maximum absolute atomic E-state index is 12.1. The number of guanidine groups is 1. The Morgan fingerprint density at radius 3 is 2.68 bits per heavy atom. The van der Waals surface area contributed by atoms with Gasteiger partial charge in [-0.1, -0.05) is 18.2 Å². The number of hydrogen-bond donors (Lipinski definition) is 3. The molecule has 1 atom stereocenters. The molecule has 31 heavy (non-hydrogen) atoms. The number of carbonyl (C=O) groups excluding carboxylic acids is 1. The molecule has 166 valence electrons. The second-order valence-electron chi connectivity index (χ2n) is 7.46. The van der Waals surface area contributed by atoms with E-state index in [0.717, 1.165) is 29.9 Å². The first kappa shape index (κ1) is 22.5. The number of aliphatic imine (C=N–C) groups is 1. The van der Waals surface area contributed by atoms with Crippen molar-refractivity contribution in [3.63, 3.8) is 0 Å². The van der Waals surface area contributed by atoms with Gasteiger partial charge in [0.2, 0.25) is 0 Å². The summed E-state index contributed by atoms with van der Waals surface area (Å²) >= 11 is 0. The summed E-state index contributed by atoms with van der Waals surface area (Å²) in [6.07, 6.45) is 1.89. The Labute approximate surface area is 184 Å². The Morgan fingerprint density at radius 2 is 1.94 bits per heavy atom. The lowest BCUT2D eigenvalue weighted by molar-refractivity contribution is 0.0953. The molecule has 0 saturated heterocycles. The maximum atomic E-state index is 12.1. The second-order valence-corrected chi connectivity index (χ2v) is 7.46. The van der Waals surface area contributed by atoms with E-state index in [1.165, 1.54) is 5.56 Å². The highest BCUT2D eigenvalue weighted by molar-refractivity contribution is 5.94. The van der Waals surface area contributed by atoms with Crippen LogP contribution in [0.3, 0.4) is 0 Å². The first-order valence-electron chi connectivity index (χ1n) is 10.8. The third kappa shape index (κ3) is 6.38. The minimum Gasteiger partial charge on any atom is -0.494 e. The standard InChI is InChI=1S/C24H32N4O3/c1-4-30-21-14-19-13-17(2)31-22(19)15-20(21)16-28-24(25-3)27-12-8-11-26-23(29)18-9-6-5-7-10-18/h5-7,9-10,14-15,17H,4,8,11-13,16H2,1-3H3,(H,26,29)(H2,25,27,28). The van der Waals surface area contributed by atoms with Gasteiger partial charge in [0.1, 0.15) is 17.6 Å². The van der Waals surface area contributed by atoms with Crippen molar-refractivity contribution in [2.75, 3.05) is 26.7 Å². The van der Waals surface area contributed by atoms with E-state index < -0.39 is 0 Å². The van der Waals surface area contributed by atoms with Crippen molar-refractivity contribution in [2.24, 2.45) is 4.99 Å². The van der Waals surface area contributed by atoms with Crippen LogP contribution in [-0.2, 0) is 13.0 Å². The van der Waals surface area contributed by atoms with Gasteiger partial charge >= 0.3 is 0 Å². The van der Waals surface area contributed by atoms with Crippen LogP contribution in [0.1, 0.15) is 41.8 Å². The second kappa shape index (κ2) is 11.2. The van der Waals surface area contributed by atoms with Crippen molar-refractivity contribution in [1.29, 1.82) is 0 Å². The highest BCUT2D eigenvalue weighted by Crippen LogP contribution is 2.35. The molecule has 0 radical (unpaired) electrons. The number of nitrogens with zero attached hydrogens (tertiary/aromatic N) is 1. The lowest BCUT2D eigenvalue weighted by atomic mass is 10.1. The lowest BCUT2D eigenvalue weighted by Crippen LogP contribution is -2.38.